The zero-order valence-electron chi connectivity index (χ0n) is 9.28. The summed E-state index contributed by atoms with van der Waals surface area (Å²) in [6.45, 7) is 3.99. The van der Waals surface area contributed by atoms with Crippen LogP contribution in [0.1, 0.15) is 39.5 Å². The fourth-order valence-corrected chi connectivity index (χ4v) is 1.89. The Kier molecular flexibility index (Phi) is 4.00. The van der Waals surface area contributed by atoms with Gasteiger partial charge in [-0.2, -0.15) is 0 Å². The summed E-state index contributed by atoms with van der Waals surface area (Å²) in [4.78, 5) is 35.9. The number of hydrogen-bond acceptors (Lipinski definition) is 3. The third kappa shape index (κ3) is 2.43. The van der Waals surface area contributed by atoms with E-state index in [1.807, 2.05) is 0 Å². The molecule has 0 aromatic heterocycles. The number of hydrogen-bond donors (Lipinski definition) is 0. The number of ketones is 2. The molecule has 0 aliphatic carbocycles. The second kappa shape index (κ2) is 5.05. The standard InChI is InChI=1S/C11H17NO3/c1-3-9(13)8-6-5-7-12(8)11(15)10(14)4-2/h8H,3-7H2,1-2H3/t8-/m0/s1. The van der Waals surface area contributed by atoms with Crippen LogP contribution in [0.15, 0.2) is 0 Å². The molecule has 0 bridgehead atoms. The largest absolute Gasteiger partial charge is 0.326 e. The molecule has 1 heterocycles. The molecule has 0 unspecified atom stereocenters. The van der Waals surface area contributed by atoms with Gasteiger partial charge < -0.3 is 4.90 Å². The van der Waals surface area contributed by atoms with Gasteiger partial charge in [0.25, 0.3) is 5.91 Å². The van der Waals surface area contributed by atoms with Gasteiger partial charge in [0.15, 0.2) is 5.78 Å². The number of carbonyl (C=O) groups is 3. The molecular formula is C11H17NO3. The summed E-state index contributed by atoms with van der Waals surface area (Å²) in [5.74, 6) is -0.822. The lowest BCUT2D eigenvalue weighted by Gasteiger charge is -2.22. The zero-order valence-corrected chi connectivity index (χ0v) is 9.28. The van der Waals surface area contributed by atoms with Gasteiger partial charge in [0, 0.05) is 19.4 Å². The Balaban J connectivity index is 2.72. The highest BCUT2D eigenvalue weighted by Crippen LogP contribution is 2.19. The lowest BCUT2D eigenvalue weighted by Crippen LogP contribution is -2.43. The smallest absolute Gasteiger partial charge is 0.290 e. The second-order valence-corrected chi connectivity index (χ2v) is 3.75. The van der Waals surface area contributed by atoms with E-state index < -0.39 is 11.7 Å². The van der Waals surface area contributed by atoms with Crippen LogP contribution in [0, 0.1) is 0 Å². The van der Waals surface area contributed by atoms with Gasteiger partial charge in [0.05, 0.1) is 6.04 Å². The maximum Gasteiger partial charge on any atom is 0.290 e. The van der Waals surface area contributed by atoms with E-state index in [-0.39, 0.29) is 18.2 Å². The Bertz CT molecular complexity index is 286. The van der Waals surface area contributed by atoms with Crippen LogP contribution in [-0.2, 0) is 14.4 Å². The molecule has 15 heavy (non-hydrogen) atoms. The van der Waals surface area contributed by atoms with Crippen molar-refractivity contribution in [2.24, 2.45) is 0 Å². The van der Waals surface area contributed by atoms with Gasteiger partial charge in [-0.3, -0.25) is 14.4 Å². The number of rotatable bonds is 4. The first-order chi connectivity index (χ1) is 7.11. The summed E-state index contributed by atoms with van der Waals surface area (Å²) >= 11 is 0. The molecule has 1 saturated heterocycles. The summed E-state index contributed by atoms with van der Waals surface area (Å²) in [7, 11) is 0. The van der Waals surface area contributed by atoms with Gasteiger partial charge in [0.2, 0.25) is 5.78 Å². The van der Waals surface area contributed by atoms with E-state index >= 15 is 0 Å². The van der Waals surface area contributed by atoms with Gasteiger partial charge in [-0.1, -0.05) is 13.8 Å². The van der Waals surface area contributed by atoms with Crippen LogP contribution >= 0.6 is 0 Å². The third-order valence-corrected chi connectivity index (χ3v) is 2.79. The van der Waals surface area contributed by atoms with Crippen molar-refractivity contribution in [3.05, 3.63) is 0 Å². The third-order valence-electron chi connectivity index (χ3n) is 2.79. The van der Waals surface area contributed by atoms with Crippen molar-refractivity contribution in [1.29, 1.82) is 0 Å². The molecule has 1 atom stereocenters. The van der Waals surface area contributed by atoms with E-state index in [0.717, 1.165) is 6.42 Å². The molecular weight excluding hydrogens is 194 g/mol. The molecule has 1 rings (SSSR count). The molecule has 0 aromatic rings. The molecule has 4 heteroatoms. The average molecular weight is 211 g/mol. The minimum Gasteiger partial charge on any atom is -0.326 e. The molecule has 0 aromatic carbocycles. The first-order valence-electron chi connectivity index (χ1n) is 5.48. The average Bonchev–Trinajstić information content (AvgIpc) is 2.74. The molecule has 84 valence electrons. The van der Waals surface area contributed by atoms with E-state index in [9.17, 15) is 14.4 Å². The van der Waals surface area contributed by atoms with Gasteiger partial charge in [0.1, 0.15) is 0 Å². The SMILES string of the molecule is CCC(=O)C(=O)N1CCC[C@H]1C(=O)CC. The first-order valence-corrected chi connectivity index (χ1v) is 5.48. The van der Waals surface area contributed by atoms with E-state index in [4.69, 9.17) is 0 Å². The highest BCUT2D eigenvalue weighted by Gasteiger charge is 2.34. The Morgan fingerprint density at radius 1 is 1.20 bits per heavy atom. The molecule has 1 aliphatic rings. The monoisotopic (exact) mass is 211 g/mol. The Morgan fingerprint density at radius 3 is 2.40 bits per heavy atom. The van der Waals surface area contributed by atoms with Crippen LogP contribution in [0.3, 0.4) is 0 Å². The van der Waals surface area contributed by atoms with Crippen molar-refractivity contribution < 1.29 is 14.4 Å². The highest BCUT2D eigenvalue weighted by atomic mass is 16.2. The number of carbonyl (C=O) groups excluding carboxylic acids is 3. The zero-order chi connectivity index (χ0) is 11.4. The molecule has 0 spiro atoms. The van der Waals surface area contributed by atoms with Gasteiger partial charge in [-0.15, -0.1) is 0 Å². The second-order valence-electron chi connectivity index (χ2n) is 3.75. The predicted octanol–water partition coefficient (Wildman–Crippen LogP) is 0.936. The van der Waals surface area contributed by atoms with E-state index in [1.54, 1.807) is 13.8 Å². The molecule has 1 fully saturated rings. The number of Topliss-reactive ketones (excluding diaryl/α,β-unsaturated/α-hetero) is 2. The molecule has 0 saturated carbocycles. The summed E-state index contributed by atoms with van der Waals surface area (Å²) in [6.07, 6.45) is 2.16. The Hall–Kier alpha value is -1.19. The topological polar surface area (TPSA) is 54.5 Å². The van der Waals surface area contributed by atoms with Crippen molar-refractivity contribution in [3.8, 4) is 0 Å². The minimum absolute atomic E-state index is 0.0600. The van der Waals surface area contributed by atoms with Crippen LogP contribution in [0.2, 0.25) is 0 Å². The molecule has 4 nitrogen and oxygen atoms in total. The van der Waals surface area contributed by atoms with Crippen LogP contribution in [-0.4, -0.2) is 35.0 Å². The Labute approximate surface area is 89.6 Å². The lowest BCUT2D eigenvalue weighted by atomic mass is 10.1. The van der Waals surface area contributed by atoms with Gasteiger partial charge >= 0.3 is 0 Å². The number of nitrogens with zero attached hydrogens (tertiary/aromatic N) is 1. The molecule has 1 amide bonds. The first kappa shape index (κ1) is 11.9. The summed E-state index contributed by atoms with van der Waals surface area (Å²) < 4.78 is 0. The fraction of sp³-hybridized carbons (Fsp3) is 0.727. The summed E-state index contributed by atoms with van der Waals surface area (Å²) in [5, 5.41) is 0. The van der Waals surface area contributed by atoms with Crippen LogP contribution in [0.25, 0.3) is 0 Å². The number of likely N-dealkylation sites (tertiary alicyclic amines) is 1. The van der Waals surface area contributed by atoms with Crippen LogP contribution in [0.5, 0.6) is 0 Å². The van der Waals surface area contributed by atoms with Crippen molar-refractivity contribution in [2.75, 3.05) is 6.54 Å². The minimum atomic E-state index is -0.484. The number of amides is 1. The van der Waals surface area contributed by atoms with Crippen molar-refractivity contribution >= 4 is 17.5 Å². The maximum absolute atomic E-state index is 11.6. The molecule has 0 N–H and O–H groups in total. The van der Waals surface area contributed by atoms with E-state index in [1.165, 1.54) is 4.90 Å². The summed E-state index contributed by atoms with van der Waals surface area (Å²) in [5.41, 5.74) is 0. The van der Waals surface area contributed by atoms with Gasteiger partial charge in [-0.05, 0) is 12.8 Å². The highest BCUT2D eigenvalue weighted by molar-refractivity contribution is 6.36. The van der Waals surface area contributed by atoms with Crippen LogP contribution in [0.4, 0.5) is 0 Å². The predicted molar refractivity (Wildman–Crippen MR) is 55.3 cm³/mol. The van der Waals surface area contributed by atoms with Crippen LogP contribution < -0.4 is 0 Å². The maximum atomic E-state index is 11.6. The van der Waals surface area contributed by atoms with E-state index in [0.29, 0.717) is 19.4 Å². The van der Waals surface area contributed by atoms with Gasteiger partial charge in [-0.25, -0.2) is 0 Å². The molecule has 1 aliphatic heterocycles. The normalized spacial score (nSPS) is 20.4. The lowest BCUT2D eigenvalue weighted by molar-refractivity contribution is -0.146. The molecule has 0 radical (unpaired) electrons. The van der Waals surface area contributed by atoms with E-state index in [2.05, 4.69) is 0 Å². The van der Waals surface area contributed by atoms with Crippen molar-refractivity contribution in [3.63, 3.8) is 0 Å². The summed E-state index contributed by atoms with van der Waals surface area (Å²) in [6, 6.07) is -0.349. The van der Waals surface area contributed by atoms with Crippen molar-refractivity contribution in [1.82, 2.24) is 4.90 Å². The fourth-order valence-electron chi connectivity index (χ4n) is 1.89. The quantitative estimate of drug-likeness (QED) is 0.650. The Morgan fingerprint density at radius 2 is 1.87 bits per heavy atom. The van der Waals surface area contributed by atoms with Crippen molar-refractivity contribution in [2.45, 2.75) is 45.6 Å².